The summed E-state index contributed by atoms with van der Waals surface area (Å²) in [5.41, 5.74) is 12.0. The molecule has 0 saturated heterocycles. The van der Waals surface area contributed by atoms with Gasteiger partial charge >= 0.3 is 0 Å². The molecule has 1 aromatic heterocycles. The first kappa shape index (κ1) is 21.1. The van der Waals surface area contributed by atoms with Crippen molar-refractivity contribution < 1.29 is 14.9 Å². The smallest absolute Gasteiger partial charge is 0.167 e. The number of rotatable bonds is 4. The van der Waals surface area contributed by atoms with E-state index in [0.29, 0.717) is 19.6 Å². The van der Waals surface area contributed by atoms with Crippen LogP contribution in [0, 0.1) is 0 Å². The zero-order valence-electron chi connectivity index (χ0n) is 19.0. The van der Waals surface area contributed by atoms with Crippen LogP contribution in [0.4, 0.5) is 0 Å². The van der Waals surface area contributed by atoms with Gasteiger partial charge in [-0.25, -0.2) is 4.98 Å². The van der Waals surface area contributed by atoms with E-state index >= 15 is 0 Å². The van der Waals surface area contributed by atoms with Gasteiger partial charge in [0.2, 0.25) is 0 Å². The molecular formula is C28H27N3O3. The number of aliphatic hydroxyl groups is 2. The molecule has 0 bridgehead atoms. The molecule has 4 aromatic rings. The van der Waals surface area contributed by atoms with Crippen LogP contribution in [0.3, 0.4) is 0 Å². The molecule has 0 atom stereocenters. The number of aromatic nitrogens is 2. The fourth-order valence-electron chi connectivity index (χ4n) is 5.45. The van der Waals surface area contributed by atoms with Crippen LogP contribution < -0.4 is 10.5 Å². The molecule has 2 aliphatic rings. The van der Waals surface area contributed by atoms with E-state index < -0.39 is 11.1 Å². The minimum absolute atomic E-state index is 0.0317. The molecule has 3 aromatic carbocycles. The standard InChI is InChI=1S/C28H27N3O3/c1-27(33)15-28(29,16-27)21-10-8-19(9-11-21)24-25(20-5-3-2-4-6-20)31-17-34-23-13-18(14-32)7-12-22(23)26(31)30-24/h2-13,32-33H,14-17,29H2,1H3/t27-,28+. The summed E-state index contributed by atoms with van der Waals surface area (Å²) in [6.45, 7) is 2.14. The van der Waals surface area contributed by atoms with Gasteiger partial charge in [0, 0.05) is 16.7 Å². The summed E-state index contributed by atoms with van der Waals surface area (Å²) >= 11 is 0. The molecule has 1 aliphatic carbocycles. The van der Waals surface area contributed by atoms with E-state index in [1.807, 2.05) is 43.3 Å². The SMILES string of the molecule is C[C@]1(O)C[C@](N)(c2ccc(-c3nc4n(c3-c3ccccc3)COc3cc(CO)ccc3-4)cc2)C1. The van der Waals surface area contributed by atoms with E-state index in [0.717, 1.165) is 50.8 Å². The number of nitrogens with zero attached hydrogens (tertiary/aromatic N) is 2. The van der Waals surface area contributed by atoms with Crippen LogP contribution in [0.25, 0.3) is 33.9 Å². The Balaban J connectivity index is 1.47. The summed E-state index contributed by atoms with van der Waals surface area (Å²) in [6, 6.07) is 24.2. The molecule has 0 unspecified atom stereocenters. The number of benzene rings is 3. The fourth-order valence-corrected chi connectivity index (χ4v) is 5.45. The number of imidazole rings is 1. The summed E-state index contributed by atoms with van der Waals surface area (Å²) in [6.07, 6.45) is 1.11. The van der Waals surface area contributed by atoms with Crippen molar-refractivity contribution in [3.05, 3.63) is 83.9 Å². The lowest BCUT2D eigenvalue weighted by Gasteiger charge is -2.49. The predicted molar refractivity (Wildman–Crippen MR) is 131 cm³/mol. The van der Waals surface area contributed by atoms with Gasteiger partial charge in [-0.2, -0.15) is 0 Å². The van der Waals surface area contributed by atoms with E-state index in [2.05, 4.69) is 41.0 Å². The number of aliphatic hydroxyl groups excluding tert-OH is 1. The Morgan fingerprint density at radius 1 is 1.00 bits per heavy atom. The molecule has 0 amide bonds. The summed E-state index contributed by atoms with van der Waals surface area (Å²) in [5.74, 6) is 1.57. The summed E-state index contributed by atoms with van der Waals surface area (Å²) in [4.78, 5) is 5.09. The van der Waals surface area contributed by atoms with Crippen molar-refractivity contribution in [2.45, 2.75) is 44.2 Å². The topological polar surface area (TPSA) is 93.5 Å². The quantitative estimate of drug-likeness (QED) is 0.425. The predicted octanol–water partition coefficient (Wildman–Crippen LogP) is 4.43. The van der Waals surface area contributed by atoms with Crippen LogP contribution >= 0.6 is 0 Å². The third-order valence-electron chi connectivity index (χ3n) is 6.96. The molecule has 0 spiro atoms. The summed E-state index contributed by atoms with van der Waals surface area (Å²) in [5, 5.41) is 19.7. The van der Waals surface area contributed by atoms with Crippen LogP contribution in [0.2, 0.25) is 0 Å². The highest BCUT2D eigenvalue weighted by atomic mass is 16.5. The highest BCUT2D eigenvalue weighted by Crippen LogP contribution is 2.47. The summed E-state index contributed by atoms with van der Waals surface area (Å²) < 4.78 is 8.19. The Morgan fingerprint density at radius 2 is 1.74 bits per heavy atom. The maximum atomic E-state index is 10.2. The maximum Gasteiger partial charge on any atom is 0.167 e. The number of hydrogen-bond acceptors (Lipinski definition) is 5. The molecule has 6 rings (SSSR count). The van der Waals surface area contributed by atoms with Gasteiger partial charge in [-0.3, -0.25) is 4.57 Å². The maximum absolute atomic E-state index is 10.2. The van der Waals surface area contributed by atoms with E-state index in [-0.39, 0.29) is 6.61 Å². The molecule has 0 radical (unpaired) electrons. The van der Waals surface area contributed by atoms with Crippen LogP contribution in [0.15, 0.2) is 72.8 Å². The first-order chi connectivity index (χ1) is 16.4. The van der Waals surface area contributed by atoms with Crippen molar-refractivity contribution in [2.75, 3.05) is 0 Å². The van der Waals surface area contributed by atoms with Crippen molar-refractivity contribution in [1.29, 1.82) is 0 Å². The number of hydrogen-bond donors (Lipinski definition) is 3. The van der Waals surface area contributed by atoms with Crippen LogP contribution in [0.5, 0.6) is 5.75 Å². The minimum atomic E-state index is -0.694. The van der Waals surface area contributed by atoms with Gasteiger partial charge in [-0.05, 0) is 43.0 Å². The van der Waals surface area contributed by atoms with Crippen molar-refractivity contribution in [1.82, 2.24) is 9.55 Å². The Hall–Kier alpha value is -3.45. The van der Waals surface area contributed by atoms with Crippen molar-refractivity contribution in [2.24, 2.45) is 5.73 Å². The lowest BCUT2D eigenvalue weighted by molar-refractivity contribution is -0.0738. The molecule has 6 heteroatoms. The van der Waals surface area contributed by atoms with E-state index in [4.69, 9.17) is 15.5 Å². The van der Waals surface area contributed by atoms with Crippen LogP contribution in [-0.2, 0) is 18.9 Å². The Morgan fingerprint density at radius 3 is 2.41 bits per heavy atom. The molecule has 2 heterocycles. The average Bonchev–Trinajstić information content (AvgIpc) is 3.23. The Labute approximate surface area is 198 Å². The number of ether oxygens (including phenoxy) is 1. The van der Waals surface area contributed by atoms with Gasteiger partial charge < -0.3 is 20.7 Å². The molecule has 34 heavy (non-hydrogen) atoms. The van der Waals surface area contributed by atoms with Gasteiger partial charge in [0.1, 0.15) is 11.6 Å². The third kappa shape index (κ3) is 3.34. The van der Waals surface area contributed by atoms with Crippen molar-refractivity contribution >= 4 is 0 Å². The van der Waals surface area contributed by atoms with E-state index in [1.54, 1.807) is 0 Å². The molecule has 4 N–H and O–H groups in total. The molecule has 1 fully saturated rings. The zero-order valence-corrected chi connectivity index (χ0v) is 19.0. The second-order valence-corrected chi connectivity index (χ2v) is 9.77. The van der Waals surface area contributed by atoms with Gasteiger partial charge in [0.25, 0.3) is 0 Å². The zero-order chi connectivity index (χ0) is 23.5. The molecule has 1 aliphatic heterocycles. The van der Waals surface area contributed by atoms with Gasteiger partial charge in [-0.1, -0.05) is 60.7 Å². The fraction of sp³-hybridized carbons (Fsp3) is 0.250. The molecule has 6 nitrogen and oxygen atoms in total. The third-order valence-corrected chi connectivity index (χ3v) is 6.96. The largest absolute Gasteiger partial charge is 0.472 e. The highest BCUT2D eigenvalue weighted by molar-refractivity contribution is 5.83. The molecular weight excluding hydrogens is 426 g/mol. The second-order valence-electron chi connectivity index (χ2n) is 9.77. The first-order valence-corrected chi connectivity index (χ1v) is 11.5. The Bertz CT molecular complexity index is 1370. The average molecular weight is 454 g/mol. The van der Waals surface area contributed by atoms with Gasteiger partial charge in [0.05, 0.1) is 29.2 Å². The number of nitrogens with two attached hydrogens (primary N) is 1. The monoisotopic (exact) mass is 453 g/mol. The van der Waals surface area contributed by atoms with Gasteiger partial charge in [-0.15, -0.1) is 0 Å². The van der Waals surface area contributed by atoms with Crippen LogP contribution in [0.1, 0.15) is 30.9 Å². The molecule has 1 saturated carbocycles. The molecule has 172 valence electrons. The second kappa shape index (κ2) is 7.53. The van der Waals surface area contributed by atoms with Gasteiger partial charge in [0.15, 0.2) is 6.73 Å². The lowest BCUT2D eigenvalue weighted by atomic mass is 9.63. The van der Waals surface area contributed by atoms with E-state index in [1.165, 1.54) is 0 Å². The van der Waals surface area contributed by atoms with Crippen molar-refractivity contribution in [3.8, 4) is 39.7 Å². The minimum Gasteiger partial charge on any atom is -0.472 e. The summed E-state index contributed by atoms with van der Waals surface area (Å²) in [7, 11) is 0. The lowest BCUT2D eigenvalue weighted by Crippen LogP contribution is -2.58. The Kier molecular flexibility index (Phi) is 4.68. The number of fused-ring (bicyclic) bond motifs is 3. The van der Waals surface area contributed by atoms with Crippen LogP contribution in [-0.4, -0.2) is 25.4 Å². The first-order valence-electron chi connectivity index (χ1n) is 11.5. The van der Waals surface area contributed by atoms with E-state index in [9.17, 15) is 10.2 Å². The highest BCUT2D eigenvalue weighted by Gasteiger charge is 2.49. The van der Waals surface area contributed by atoms with Crippen molar-refractivity contribution in [3.63, 3.8) is 0 Å². The normalized spacial score (nSPS) is 22.9.